The molecular formula is C13H21N5O. The van der Waals surface area contributed by atoms with E-state index in [0.717, 1.165) is 19.5 Å². The summed E-state index contributed by atoms with van der Waals surface area (Å²) in [5, 5.41) is 10.4. The highest BCUT2D eigenvalue weighted by Crippen LogP contribution is 2.17. The minimum Gasteiger partial charge on any atom is -0.382 e. The van der Waals surface area contributed by atoms with Crippen LogP contribution in [0.4, 0.5) is 5.82 Å². The molecule has 1 aliphatic heterocycles. The lowest BCUT2D eigenvalue weighted by molar-refractivity contribution is 0.0941. The van der Waals surface area contributed by atoms with Crippen LogP contribution in [0.15, 0.2) is 12.1 Å². The predicted molar refractivity (Wildman–Crippen MR) is 73.6 cm³/mol. The molecule has 3 N–H and O–H groups in total. The molecule has 0 saturated carbocycles. The van der Waals surface area contributed by atoms with Gasteiger partial charge in [-0.25, -0.2) is 0 Å². The Kier molecular flexibility index (Phi) is 4.31. The molecule has 1 aromatic rings. The Bertz CT molecular complexity index is 431. The van der Waals surface area contributed by atoms with E-state index in [1.54, 1.807) is 12.1 Å². The third-order valence-corrected chi connectivity index (χ3v) is 3.52. The van der Waals surface area contributed by atoms with Gasteiger partial charge in [-0.05, 0) is 44.9 Å². The van der Waals surface area contributed by atoms with Gasteiger partial charge in [0.05, 0.1) is 0 Å². The van der Waals surface area contributed by atoms with Gasteiger partial charge >= 0.3 is 0 Å². The van der Waals surface area contributed by atoms with Crippen LogP contribution in [0.1, 0.15) is 30.8 Å². The molecule has 1 fully saturated rings. The van der Waals surface area contributed by atoms with Crippen molar-refractivity contribution >= 4 is 11.7 Å². The molecule has 1 atom stereocenters. The summed E-state index contributed by atoms with van der Waals surface area (Å²) in [6.45, 7) is 7.25. The Morgan fingerprint density at radius 2 is 2.32 bits per heavy atom. The normalized spacial score (nSPS) is 19.8. The third kappa shape index (κ3) is 3.64. The average molecular weight is 263 g/mol. The lowest BCUT2D eigenvalue weighted by Crippen LogP contribution is -2.33. The van der Waals surface area contributed by atoms with Crippen LogP contribution in [0.3, 0.4) is 0 Å². The average Bonchev–Trinajstić information content (AvgIpc) is 2.86. The lowest BCUT2D eigenvalue weighted by atomic mass is 10.1. The molecule has 1 unspecified atom stereocenters. The van der Waals surface area contributed by atoms with E-state index in [1.807, 2.05) is 0 Å². The first-order valence-electron chi connectivity index (χ1n) is 6.67. The molecule has 1 aliphatic rings. The van der Waals surface area contributed by atoms with E-state index in [2.05, 4.69) is 34.3 Å². The van der Waals surface area contributed by atoms with Gasteiger partial charge in [-0.3, -0.25) is 4.79 Å². The number of hydrogen-bond acceptors (Lipinski definition) is 5. The number of likely N-dealkylation sites (tertiary alicyclic amines) is 1. The van der Waals surface area contributed by atoms with E-state index in [4.69, 9.17) is 5.73 Å². The summed E-state index contributed by atoms with van der Waals surface area (Å²) in [6.07, 6.45) is 1.13. The Balaban J connectivity index is 1.80. The Morgan fingerprint density at radius 1 is 1.53 bits per heavy atom. The number of anilines is 1. The summed E-state index contributed by atoms with van der Waals surface area (Å²) in [5.41, 5.74) is 5.75. The Hall–Kier alpha value is -1.69. The first-order valence-corrected chi connectivity index (χ1v) is 6.67. The zero-order valence-electron chi connectivity index (χ0n) is 11.5. The molecule has 1 saturated heterocycles. The van der Waals surface area contributed by atoms with Gasteiger partial charge in [0, 0.05) is 19.1 Å². The van der Waals surface area contributed by atoms with Crippen molar-refractivity contribution in [3.8, 4) is 0 Å². The second-order valence-corrected chi connectivity index (χ2v) is 5.30. The number of aromatic nitrogens is 2. The van der Waals surface area contributed by atoms with Gasteiger partial charge in [0.2, 0.25) is 0 Å². The first kappa shape index (κ1) is 13.7. The monoisotopic (exact) mass is 263 g/mol. The molecule has 6 heteroatoms. The van der Waals surface area contributed by atoms with Crippen LogP contribution in [-0.2, 0) is 0 Å². The lowest BCUT2D eigenvalue weighted by Gasteiger charge is -2.20. The van der Waals surface area contributed by atoms with Gasteiger partial charge in [0.15, 0.2) is 5.69 Å². The quantitative estimate of drug-likeness (QED) is 0.827. The highest BCUT2D eigenvalue weighted by Gasteiger charge is 2.24. The van der Waals surface area contributed by atoms with Crippen molar-refractivity contribution in [3.05, 3.63) is 17.8 Å². The fourth-order valence-electron chi connectivity index (χ4n) is 2.29. The van der Waals surface area contributed by atoms with Crippen molar-refractivity contribution in [3.63, 3.8) is 0 Å². The fourth-order valence-corrected chi connectivity index (χ4v) is 2.29. The summed E-state index contributed by atoms with van der Waals surface area (Å²) in [6, 6.07) is 3.74. The van der Waals surface area contributed by atoms with E-state index < -0.39 is 0 Å². The maximum Gasteiger partial charge on any atom is 0.271 e. The van der Waals surface area contributed by atoms with E-state index in [0.29, 0.717) is 30.0 Å². The van der Waals surface area contributed by atoms with E-state index in [1.165, 1.54) is 0 Å². The van der Waals surface area contributed by atoms with E-state index >= 15 is 0 Å². The molecule has 2 rings (SSSR count). The number of nitrogen functional groups attached to an aromatic ring is 1. The van der Waals surface area contributed by atoms with Crippen molar-refractivity contribution in [1.29, 1.82) is 0 Å². The summed E-state index contributed by atoms with van der Waals surface area (Å²) in [4.78, 5) is 14.3. The number of nitrogens with one attached hydrogen (secondary N) is 1. The maximum atomic E-state index is 11.9. The molecule has 0 radical (unpaired) electrons. The highest BCUT2D eigenvalue weighted by atomic mass is 16.1. The van der Waals surface area contributed by atoms with Crippen LogP contribution in [0.25, 0.3) is 0 Å². The van der Waals surface area contributed by atoms with Gasteiger partial charge in [0.25, 0.3) is 5.91 Å². The summed E-state index contributed by atoms with van der Waals surface area (Å²) >= 11 is 0. The molecule has 0 spiro atoms. The number of amides is 1. The van der Waals surface area contributed by atoms with Gasteiger partial charge in [-0.2, -0.15) is 0 Å². The number of nitrogens with zero attached hydrogens (tertiary/aromatic N) is 3. The van der Waals surface area contributed by atoms with Crippen molar-refractivity contribution in [2.45, 2.75) is 26.3 Å². The molecule has 0 bridgehead atoms. The molecular weight excluding hydrogens is 242 g/mol. The van der Waals surface area contributed by atoms with Crippen LogP contribution in [0, 0.1) is 5.92 Å². The second-order valence-electron chi connectivity index (χ2n) is 5.30. The van der Waals surface area contributed by atoms with Crippen molar-refractivity contribution in [1.82, 2.24) is 20.4 Å². The number of rotatable bonds is 4. The first-order chi connectivity index (χ1) is 9.06. The van der Waals surface area contributed by atoms with Crippen LogP contribution in [-0.4, -0.2) is 46.7 Å². The van der Waals surface area contributed by atoms with Crippen LogP contribution < -0.4 is 11.1 Å². The zero-order valence-corrected chi connectivity index (χ0v) is 11.5. The molecule has 1 aromatic heterocycles. The van der Waals surface area contributed by atoms with Gasteiger partial charge in [-0.1, -0.05) is 0 Å². The van der Waals surface area contributed by atoms with E-state index in [9.17, 15) is 4.79 Å². The third-order valence-electron chi connectivity index (χ3n) is 3.52. The zero-order chi connectivity index (χ0) is 13.8. The number of carbonyl (C=O) groups is 1. The summed E-state index contributed by atoms with van der Waals surface area (Å²) in [7, 11) is 0. The van der Waals surface area contributed by atoms with Crippen LogP contribution >= 0.6 is 0 Å². The van der Waals surface area contributed by atoms with Crippen molar-refractivity contribution in [2.75, 3.05) is 25.4 Å². The van der Waals surface area contributed by atoms with Crippen LogP contribution in [0.2, 0.25) is 0 Å². The largest absolute Gasteiger partial charge is 0.382 e. The minimum atomic E-state index is -0.185. The molecule has 0 aliphatic carbocycles. The topological polar surface area (TPSA) is 84.1 Å². The summed E-state index contributed by atoms with van der Waals surface area (Å²) in [5.74, 6) is 0.656. The molecule has 0 aromatic carbocycles. The predicted octanol–water partition coefficient (Wildman–Crippen LogP) is 0.519. The maximum absolute atomic E-state index is 11.9. The van der Waals surface area contributed by atoms with Crippen molar-refractivity contribution in [2.24, 2.45) is 5.92 Å². The molecule has 2 heterocycles. The minimum absolute atomic E-state index is 0.185. The van der Waals surface area contributed by atoms with Crippen LogP contribution in [0.5, 0.6) is 0 Å². The van der Waals surface area contributed by atoms with Gasteiger partial charge in [-0.15, -0.1) is 10.2 Å². The Labute approximate surface area is 113 Å². The fraction of sp³-hybridized carbons (Fsp3) is 0.615. The van der Waals surface area contributed by atoms with E-state index in [-0.39, 0.29) is 5.91 Å². The van der Waals surface area contributed by atoms with Gasteiger partial charge < -0.3 is 16.0 Å². The standard InChI is InChI=1S/C13H21N5O/c1-9(2)18-6-5-10(8-18)7-15-13(19)11-3-4-12(14)17-16-11/h3-4,9-10H,5-8H2,1-2H3,(H2,14,17)(H,15,19). The molecule has 1 amide bonds. The SMILES string of the molecule is CC(C)N1CCC(CNC(=O)c2ccc(N)nn2)C1. The van der Waals surface area contributed by atoms with Gasteiger partial charge in [0.1, 0.15) is 5.82 Å². The second kappa shape index (κ2) is 5.97. The number of nitrogens with two attached hydrogens (primary N) is 1. The Morgan fingerprint density at radius 3 is 2.89 bits per heavy atom. The smallest absolute Gasteiger partial charge is 0.271 e. The highest BCUT2D eigenvalue weighted by molar-refractivity contribution is 5.92. The van der Waals surface area contributed by atoms with Crippen molar-refractivity contribution < 1.29 is 4.79 Å². The number of hydrogen-bond donors (Lipinski definition) is 2. The molecule has 104 valence electrons. The molecule has 19 heavy (non-hydrogen) atoms. The molecule has 6 nitrogen and oxygen atoms in total. The summed E-state index contributed by atoms with van der Waals surface area (Å²) < 4.78 is 0. The number of carbonyl (C=O) groups excluding carboxylic acids is 1.